The molecule has 0 atom stereocenters. The van der Waals surface area contributed by atoms with Crippen molar-refractivity contribution in [1.82, 2.24) is 4.90 Å². The van der Waals surface area contributed by atoms with E-state index in [-0.39, 0.29) is 18.9 Å². The molecule has 1 saturated heterocycles. The van der Waals surface area contributed by atoms with Gasteiger partial charge < -0.3 is 16.0 Å². The molecule has 3 amide bonds. The lowest BCUT2D eigenvalue weighted by atomic mass is 9.90. The molecule has 9 heteroatoms. The average Bonchev–Trinajstić information content (AvgIpc) is 2.35. The van der Waals surface area contributed by atoms with Crippen molar-refractivity contribution < 1.29 is 27.6 Å². The summed E-state index contributed by atoms with van der Waals surface area (Å²) in [6, 6.07) is 5.02. The fourth-order valence-electron chi connectivity index (χ4n) is 2.09. The number of anilines is 1. The minimum Gasteiger partial charge on any atom is -0.351 e. The van der Waals surface area contributed by atoms with E-state index in [9.17, 15) is 27.6 Å². The van der Waals surface area contributed by atoms with E-state index in [2.05, 4.69) is 5.32 Å². The van der Waals surface area contributed by atoms with E-state index in [0.717, 1.165) is 0 Å². The predicted molar refractivity (Wildman–Crippen MR) is 70.1 cm³/mol. The number of nitrogens with two attached hydrogens (primary N) is 1. The van der Waals surface area contributed by atoms with Crippen LogP contribution in [-0.4, -0.2) is 41.9 Å². The Hall–Kier alpha value is -2.58. The monoisotopic (exact) mass is 315 g/mol. The Kier molecular flexibility index (Phi) is 4.07. The Labute approximate surface area is 123 Å². The van der Waals surface area contributed by atoms with Crippen LogP contribution in [-0.2, 0) is 4.79 Å². The summed E-state index contributed by atoms with van der Waals surface area (Å²) < 4.78 is 36.6. The van der Waals surface area contributed by atoms with Gasteiger partial charge in [-0.15, -0.1) is 0 Å². The molecule has 1 aliphatic rings. The quantitative estimate of drug-likeness (QED) is 0.825. The van der Waals surface area contributed by atoms with E-state index in [0.29, 0.717) is 16.2 Å². The maximum absolute atomic E-state index is 12.2. The summed E-state index contributed by atoms with van der Waals surface area (Å²) in [6.45, 7) is -0.503. The number of halogens is 3. The van der Waals surface area contributed by atoms with Crippen LogP contribution in [0.1, 0.15) is 10.4 Å². The number of ketones is 1. The highest BCUT2D eigenvalue weighted by Crippen LogP contribution is 2.27. The van der Waals surface area contributed by atoms with E-state index in [4.69, 9.17) is 5.73 Å². The summed E-state index contributed by atoms with van der Waals surface area (Å²) in [6.07, 6.45) is -4.92. The molecule has 22 heavy (non-hydrogen) atoms. The SMILES string of the molecule is NC(=O)Nc1ccc(C(=O)C2CN(C(=O)C(F)(F)F)C2)cc1. The molecule has 0 spiro atoms. The largest absolute Gasteiger partial charge is 0.471 e. The molecule has 118 valence electrons. The zero-order chi connectivity index (χ0) is 16.5. The van der Waals surface area contributed by atoms with Gasteiger partial charge in [-0.3, -0.25) is 9.59 Å². The van der Waals surface area contributed by atoms with E-state index in [1.807, 2.05) is 0 Å². The molecule has 0 bridgehead atoms. The number of rotatable bonds is 3. The lowest BCUT2D eigenvalue weighted by molar-refractivity contribution is -0.190. The highest BCUT2D eigenvalue weighted by Gasteiger charge is 2.48. The van der Waals surface area contributed by atoms with Gasteiger partial charge in [0.15, 0.2) is 5.78 Å². The number of alkyl halides is 3. The number of amides is 3. The predicted octanol–water partition coefficient (Wildman–Crippen LogP) is 1.38. The lowest BCUT2D eigenvalue weighted by Crippen LogP contribution is -2.56. The van der Waals surface area contributed by atoms with Gasteiger partial charge in [-0.1, -0.05) is 0 Å². The first-order valence-corrected chi connectivity index (χ1v) is 6.25. The number of carbonyl (C=O) groups is 3. The number of nitrogens with one attached hydrogen (secondary N) is 1. The van der Waals surface area contributed by atoms with E-state index >= 15 is 0 Å². The summed E-state index contributed by atoms with van der Waals surface area (Å²) in [5, 5.41) is 2.32. The first-order valence-electron chi connectivity index (χ1n) is 6.25. The summed E-state index contributed by atoms with van der Waals surface area (Å²) in [5.74, 6) is -2.93. The van der Waals surface area contributed by atoms with Gasteiger partial charge in [0, 0.05) is 24.3 Å². The van der Waals surface area contributed by atoms with Crippen molar-refractivity contribution in [2.24, 2.45) is 11.7 Å². The number of Topliss-reactive ketones (excluding diaryl/α,β-unsaturated/α-hetero) is 1. The molecule has 3 N–H and O–H groups in total. The molecule has 0 aromatic heterocycles. The standard InChI is InChI=1S/C13H12F3N3O3/c14-13(15,16)11(21)19-5-8(6-19)10(20)7-1-3-9(4-2-7)18-12(17)22/h1-4,8H,5-6H2,(H3,17,18,22). The second kappa shape index (κ2) is 5.66. The second-order valence-corrected chi connectivity index (χ2v) is 4.84. The number of nitrogens with zero attached hydrogens (tertiary/aromatic N) is 1. The highest BCUT2D eigenvalue weighted by molar-refractivity contribution is 6.00. The van der Waals surface area contributed by atoms with E-state index < -0.39 is 24.0 Å². The van der Waals surface area contributed by atoms with Crippen LogP contribution in [0.25, 0.3) is 0 Å². The van der Waals surface area contributed by atoms with Crippen LogP contribution >= 0.6 is 0 Å². The van der Waals surface area contributed by atoms with Crippen molar-refractivity contribution in [3.05, 3.63) is 29.8 Å². The third-order valence-electron chi connectivity index (χ3n) is 3.22. The number of urea groups is 1. The highest BCUT2D eigenvalue weighted by atomic mass is 19.4. The van der Waals surface area contributed by atoms with Crippen LogP contribution in [0, 0.1) is 5.92 Å². The van der Waals surface area contributed by atoms with E-state index in [1.54, 1.807) is 0 Å². The normalized spacial score (nSPS) is 15.1. The van der Waals surface area contributed by atoms with Gasteiger partial charge in [0.2, 0.25) is 0 Å². The third kappa shape index (κ3) is 3.35. The first kappa shape index (κ1) is 15.8. The topological polar surface area (TPSA) is 92.5 Å². The van der Waals surface area contributed by atoms with Crippen LogP contribution in [0.3, 0.4) is 0 Å². The molecule has 2 rings (SSSR count). The van der Waals surface area contributed by atoms with Gasteiger partial charge in [0.1, 0.15) is 0 Å². The molecule has 0 saturated carbocycles. The molecule has 0 unspecified atom stereocenters. The number of likely N-dealkylation sites (tertiary alicyclic amines) is 1. The Morgan fingerprint density at radius 3 is 2.14 bits per heavy atom. The van der Waals surface area contributed by atoms with Gasteiger partial charge in [-0.05, 0) is 24.3 Å². The van der Waals surface area contributed by atoms with Crippen molar-refractivity contribution in [1.29, 1.82) is 0 Å². The number of primary amides is 1. The zero-order valence-electron chi connectivity index (χ0n) is 11.2. The molecule has 1 aromatic carbocycles. The lowest BCUT2D eigenvalue weighted by Gasteiger charge is -2.38. The molecule has 1 aliphatic heterocycles. The molecule has 6 nitrogen and oxygen atoms in total. The molecule has 1 fully saturated rings. The van der Waals surface area contributed by atoms with Crippen LogP contribution in [0.4, 0.5) is 23.7 Å². The van der Waals surface area contributed by atoms with Gasteiger partial charge in [-0.25, -0.2) is 4.79 Å². The maximum Gasteiger partial charge on any atom is 0.471 e. The average molecular weight is 315 g/mol. The van der Waals surface area contributed by atoms with Gasteiger partial charge >= 0.3 is 18.1 Å². The first-order chi connectivity index (χ1) is 10.2. The molecule has 0 radical (unpaired) electrons. The summed E-state index contributed by atoms with van der Waals surface area (Å²) in [7, 11) is 0. The Morgan fingerprint density at radius 2 is 1.68 bits per heavy atom. The van der Waals surface area contributed by atoms with Crippen molar-refractivity contribution in [2.45, 2.75) is 6.18 Å². The second-order valence-electron chi connectivity index (χ2n) is 4.84. The van der Waals surface area contributed by atoms with Gasteiger partial charge in [-0.2, -0.15) is 13.2 Å². The number of benzene rings is 1. The Bertz CT molecular complexity index is 607. The van der Waals surface area contributed by atoms with Crippen molar-refractivity contribution in [2.75, 3.05) is 18.4 Å². The molecule has 0 aliphatic carbocycles. The Balaban J connectivity index is 1.94. The molecule has 1 heterocycles. The van der Waals surface area contributed by atoms with Gasteiger partial charge in [0.05, 0.1) is 5.92 Å². The molecule has 1 aromatic rings. The smallest absolute Gasteiger partial charge is 0.351 e. The number of hydrogen-bond donors (Lipinski definition) is 2. The molecular weight excluding hydrogens is 303 g/mol. The number of hydrogen-bond acceptors (Lipinski definition) is 3. The van der Waals surface area contributed by atoms with Gasteiger partial charge in [0.25, 0.3) is 0 Å². The third-order valence-corrected chi connectivity index (χ3v) is 3.22. The van der Waals surface area contributed by atoms with E-state index in [1.165, 1.54) is 24.3 Å². The fourth-order valence-corrected chi connectivity index (χ4v) is 2.09. The van der Waals surface area contributed by atoms with Crippen LogP contribution in [0.15, 0.2) is 24.3 Å². The minimum atomic E-state index is -4.92. The zero-order valence-corrected chi connectivity index (χ0v) is 11.2. The van der Waals surface area contributed by atoms with Crippen LogP contribution in [0.2, 0.25) is 0 Å². The summed E-state index contributed by atoms with van der Waals surface area (Å²) in [4.78, 5) is 34.2. The summed E-state index contributed by atoms with van der Waals surface area (Å²) in [5.41, 5.74) is 5.62. The van der Waals surface area contributed by atoms with Crippen molar-refractivity contribution in [3.8, 4) is 0 Å². The summed E-state index contributed by atoms with van der Waals surface area (Å²) >= 11 is 0. The van der Waals surface area contributed by atoms with Crippen molar-refractivity contribution in [3.63, 3.8) is 0 Å². The Morgan fingerprint density at radius 1 is 1.14 bits per heavy atom. The van der Waals surface area contributed by atoms with Crippen LogP contribution < -0.4 is 11.1 Å². The van der Waals surface area contributed by atoms with Crippen molar-refractivity contribution >= 4 is 23.4 Å². The maximum atomic E-state index is 12.2. The van der Waals surface area contributed by atoms with Crippen LogP contribution in [0.5, 0.6) is 0 Å². The fraction of sp³-hybridized carbons (Fsp3) is 0.308. The molecular formula is C13H12F3N3O3. The number of carbonyl (C=O) groups excluding carboxylic acids is 3. The minimum absolute atomic E-state index is 0.252.